The SMILES string of the molecule is O=C(NCCCN[C@H]1CCCSC1)c1cccc(F)c1. The molecule has 1 fully saturated rings. The number of hydrogen-bond donors (Lipinski definition) is 2. The Bertz CT molecular complexity index is 436. The minimum Gasteiger partial charge on any atom is -0.352 e. The molecule has 1 aliphatic heterocycles. The topological polar surface area (TPSA) is 41.1 Å². The maximum atomic E-state index is 13.0. The Morgan fingerprint density at radius 3 is 3.05 bits per heavy atom. The lowest BCUT2D eigenvalue weighted by molar-refractivity contribution is 0.0952. The smallest absolute Gasteiger partial charge is 0.251 e. The maximum absolute atomic E-state index is 13.0. The lowest BCUT2D eigenvalue weighted by Gasteiger charge is -2.22. The van der Waals surface area contributed by atoms with Gasteiger partial charge in [0.1, 0.15) is 5.82 Å². The number of nitrogens with one attached hydrogen (secondary N) is 2. The molecule has 2 N–H and O–H groups in total. The van der Waals surface area contributed by atoms with Crippen LogP contribution >= 0.6 is 11.8 Å². The van der Waals surface area contributed by atoms with Gasteiger partial charge in [-0.05, 0) is 49.8 Å². The van der Waals surface area contributed by atoms with Gasteiger partial charge in [0.25, 0.3) is 5.91 Å². The molecule has 0 unspecified atom stereocenters. The van der Waals surface area contributed by atoms with Crippen LogP contribution in [-0.4, -0.2) is 36.5 Å². The van der Waals surface area contributed by atoms with Gasteiger partial charge in [-0.1, -0.05) is 6.07 Å². The van der Waals surface area contributed by atoms with E-state index in [4.69, 9.17) is 0 Å². The van der Waals surface area contributed by atoms with Crippen molar-refractivity contribution in [3.8, 4) is 0 Å². The quantitative estimate of drug-likeness (QED) is 0.792. The third-order valence-electron chi connectivity index (χ3n) is 3.32. The molecule has 1 amide bonds. The summed E-state index contributed by atoms with van der Waals surface area (Å²) >= 11 is 2.00. The summed E-state index contributed by atoms with van der Waals surface area (Å²) in [5.74, 6) is 1.88. The van der Waals surface area contributed by atoms with Crippen molar-refractivity contribution in [2.75, 3.05) is 24.6 Å². The first-order chi connectivity index (χ1) is 9.75. The van der Waals surface area contributed by atoms with Crippen LogP contribution in [0.3, 0.4) is 0 Å². The number of carbonyl (C=O) groups is 1. The first-order valence-corrected chi connectivity index (χ1v) is 8.26. The van der Waals surface area contributed by atoms with E-state index in [0.29, 0.717) is 18.2 Å². The van der Waals surface area contributed by atoms with E-state index in [-0.39, 0.29) is 11.7 Å². The molecular formula is C15H21FN2OS. The van der Waals surface area contributed by atoms with Gasteiger partial charge in [0.2, 0.25) is 0 Å². The fraction of sp³-hybridized carbons (Fsp3) is 0.533. The van der Waals surface area contributed by atoms with Crippen molar-refractivity contribution in [2.24, 2.45) is 0 Å². The predicted molar refractivity (Wildman–Crippen MR) is 81.7 cm³/mol. The van der Waals surface area contributed by atoms with Crippen molar-refractivity contribution < 1.29 is 9.18 Å². The molecule has 1 aliphatic rings. The third-order valence-corrected chi connectivity index (χ3v) is 4.53. The summed E-state index contributed by atoms with van der Waals surface area (Å²) in [4.78, 5) is 11.8. The summed E-state index contributed by atoms with van der Waals surface area (Å²) < 4.78 is 13.0. The van der Waals surface area contributed by atoms with E-state index in [9.17, 15) is 9.18 Å². The van der Waals surface area contributed by atoms with Gasteiger partial charge in [0, 0.05) is 23.9 Å². The van der Waals surface area contributed by atoms with Crippen LogP contribution in [-0.2, 0) is 0 Å². The summed E-state index contributed by atoms with van der Waals surface area (Å²) in [5, 5.41) is 6.33. The van der Waals surface area contributed by atoms with Crippen molar-refractivity contribution >= 4 is 17.7 Å². The molecule has 1 atom stereocenters. The van der Waals surface area contributed by atoms with Crippen molar-refractivity contribution in [3.05, 3.63) is 35.6 Å². The highest BCUT2D eigenvalue weighted by molar-refractivity contribution is 7.99. The zero-order chi connectivity index (χ0) is 14.2. The first kappa shape index (κ1) is 15.3. The molecule has 2 rings (SSSR count). The average Bonchev–Trinajstić information content (AvgIpc) is 2.48. The summed E-state index contributed by atoms with van der Waals surface area (Å²) in [5.41, 5.74) is 0.377. The fourth-order valence-electron chi connectivity index (χ4n) is 2.23. The number of thioether (sulfide) groups is 1. The normalized spacial score (nSPS) is 18.8. The number of carbonyl (C=O) groups excluding carboxylic acids is 1. The summed E-state index contributed by atoms with van der Waals surface area (Å²) in [6, 6.07) is 6.38. The highest BCUT2D eigenvalue weighted by Gasteiger charge is 2.12. The maximum Gasteiger partial charge on any atom is 0.251 e. The second kappa shape index (κ2) is 8.27. The van der Waals surface area contributed by atoms with Gasteiger partial charge in [-0.15, -0.1) is 0 Å². The Morgan fingerprint density at radius 2 is 2.30 bits per heavy atom. The molecule has 0 saturated carbocycles. The van der Waals surface area contributed by atoms with E-state index in [1.807, 2.05) is 11.8 Å². The second-order valence-electron chi connectivity index (χ2n) is 4.99. The Hall–Kier alpha value is -1.07. The molecule has 1 aromatic carbocycles. The van der Waals surface area contributed by atoms with Crippen LogP contribution in [0.4, 0.5) is 4.39 Å². The van der Waals surface area contributed by atoms with Gasteiger partial charge in [-0.2, -0.15) is 11.8 Å². The van der Waals surface area contributed by atoms with Crippen molar-refractivity contribution in [1.29, 1.82) is 0 Å². The van der Waals surface area contributed by atoms with E-state index >= 15 is 0 Å². The molecule has 110 valence electrons. The van der Waals surface area contributed by atoms with E-state index in [2.05, 4.69) is 10.6 Å². The monoisotopic (exact) mass is 296 g/mol. The Morgan fingerprint density at radius 1 is 1.40 bits per heavy atom. The van der Waals surface area contributed by atoms with Crippen LogP contribution in [0.5, 0.6) is 0 Å². The van der Waals surface area contributed by atoms with E-state index in [1.165, 1.54) is 36.5 Å². The van der Waals surface area contributed by atoms with Gasteiger partial charge >= 0.3 is 0 Å². The number of rotatable bonds is 6. The zero-order valence-corrected chi connectivity index (χ0v) is 12.3. The number of hydrogen-bond acceptors (Lipinski definition) is 3. The van der Waals surface area contributed by atoms with Crippen molar-refractivity contribution in [3.63, 3.8) is 0 Å². The van der Waals surface area contributed by atoms with Gasteiger partial charge in [0.05, 0.1) is 0 Å². The van der Waals surface area contributed by atoms with Gasteiger partial charge < -0.3 is 10.6 Å². The Balaban J connectivity index is 1.59. The van der Waals surface area contributed by atoms with E-state index in [0.717, 1.165) is 13.0 Å². The third kappa shape index (κ3) is 5.13. The fourth-order valence-corrected chi connectivity index (χ4v) is 3.34. The van der Waals surface area contributed by atoms with Crippen LogP contribution < -0.4 is 10.6 Å². The molecule has 0 aliphatic carbocycles. The Kier molecular flexibility index (Phi) is 6.33. The standard InChI is InChI=1S/C15H21FN2OS/c16-13-5-1-4-12(10-13)15(19)18-8-3-7-17-14-6-2-9-20-11-14/h1,4-5,10,14,17H,2-3,6-9,11H2,(H,18,19)/t14-/m0/s1. The van der Waals surface area contributed by atoms with Crippen molar-refractivity contribution in [1.82, 2.24) is 10.6 Å². The molecule has 0 bridgehead atoms. The predicted octanol–water partition coefficient (Wildman–Crippen LogP) is 2.43. The van der Waals surface area contributed by atoms with Gasteiger partial charge in [-0.3, -0.25) is 4.79 Å². The van der Waals surface area contributed by atoms with Crippen LogP contribution in [0.1, 0.15) is 29.6 Å². The minimum absolute atomic E-state index is 0.210. The molecule has 20 heavy (non-hydrogen) atoms. The summed E-state index contributed by atoms with van der Waals surface area (Å²) in [6.07, 6.45) is 3.43. The zero-order valence-electron chi connectivity index (χ0n) is 11.5. The summed E-state index contributed by atoms with van der Waals surface area (Å²) in [6.45, 7) is 1.52. The number of amides is 1. The average molecular weight is 296 g/mol. The second-order valence-corrected chi connectivity index (χ2v) is 6.14. The van der Waals surface area contributed by atoms with Crippen LogP contribution in [0.25, 0.3) is 0 Å². The van der Waals surface area contributed by atoms with Crippen LogP contribution in [0.2, 0.25) is 0 Å². The lowest BCUT2D eigenvalue weighted by Crippen LogP contribution is -2.36. The van der Waals surface area contributed by atoms with Gasteiger partial charge in [0.15, 0.2) is 0 Å². The van der Waals surface area contributed by atoms with Crippen molar-refractivity contribution in [2.45, 2.75) is 25.3 Å². The van der Waals surface area contributed by atoms with Crippen LogP contribution in [0, 0.1) is 5.82 Å². The number of halogens is 1. The van der Waals surface area contributed by atoms with E-state index in [1.54, 1.807) is 12.1 Å². The molecular weight excluding hydrogens is 275 g/mol. The molecule has 3 nitrogen and oxygen atoms in total. The molecule has 1 saturated heterocycles. The molecule has 0 radical (unpaired) electrons. The summed E-state index contributed by atoms with van der Waals surface area (Å²) in [7, 11) is 0. The molecule has 5 heteroatoms. The minimum atomic E-state index is -0.380. The number of benzene rings is 1. The Labute approximate surface area is 123 Å². The van der Waals surface area contributed by atoms with Gasteiger partial charge in [-0.25, -0.2) is 4.39 Å². The molecule has 0 spiro atoms. The lowest BCUT2D eigenvalue weighted by atomic mass is 10.2. The first-order valence-electron chi connectivity index (χ1n) is 7.10. The molecule has 1 heterocycles. The largest absolute Gasteiger partial charge is 0.352 e. The highest BCUT2D eigenvalue weighted by Crippen LogP contribution is 2.16. The van der Waals surface area contributed by atoms with E-state index < -0.39 is 0 Å². The highest BCUT2D eigenvalue weighted by atomic mass is 32.2. The van der Waals surface area contributed by atoms with Crippen LogP contribution in [0.15, 0.2) is 24.3 Å². The molecule has 0 aromatic heterocycles. The molecule has 1 aromatic rings.